The second kappa shape index (κ2) is 6.08. The summed E-state index contributed by atoms with van der Waals surface area (Å²) in [4.78, 5) is 11.5. The van der Waals surface area contributed by atoms with Gasteiger partial charge in [0, 0.05) is 13.0 Å². The van der Waals surface area contributed by atoms with Crippen LogP contribution in [-0.4, -0.2) is 11.0 Å². The van der Waals surface area contributed by atoms with Gasteiger partial charge in [0.25, 0.3) is 0 Å². The van der Waals surface area contributed by atoms with E-state index in [0.29, 0.717) is 18.7 Å². The summed E-state index contributed by atoms with van der Waals surface area (Å²) < 4.78 is 0. The molecular formula is C18H29NO2. The molecule has 0 aromatic heterocycles. The second-order valence-electron chi connectivity index (χ2n) is 7.67. The molecule has 0 aliphatic carbocycles. The summed E-state index contributed by atoms with van der Waals surface area (Å²) in [6.07, 6.45) is 0.482. The van der Waals surface area contributed by atoms with E-state index in [1.54, 1.807) is 0 Å². The molecule has 0 unspecified atom stereocenters. The minimum Gasteiger partial charge on any atom is -0.507 e. The van der Waals surface area contributed by atoms with E-state index in [1.165, 1.54) is 0 Å². The van der Waals surface area contributed by atoms with Crippen molar-refractivity contribution in [3.8, 4) is 5.75 Å². The molecule has 0 saturated carbocycles. The van der Waals surface area contributed by atoms with Crippen molar-refractivity contribution in [2.45, 2.75) is 72.3 Å². The molecule has 118 valence electrons. The number of carbonyl (C=O) groups excluding carboxylic acids is 1. The van der Waals surface area contributed by atoms with Crippen LogP contribution in [-0.2, 0) is 22.2 Å². The number of hydrogen-bond acceptors (Lipinski definition) is 2. The molecule has 0 aliphatic heterocycles. The van der Waals surface area contributed by atoms with E-state index in [9.17, 15) is 9.90 Å². The maximum Gasteiger partial charge on any atom is 0.219 e. The molecule has 0 radical (unpaired) electrons. The van der Waals surface area contributed by atoms with Crippen LogP contribution in [0.1, 0.15) is 71.6 Å². The summed E-state index contributed by atoms with van der Waals surface area (Å²) in [5.74, 6) is 0.415. The quantitative estimate of drug-likeness (QED) is 0.884. The van der Waals surface area contributed by atoms with E-state index in [1.807, 2.05) is 19.1 Å². The molecule has 0 bridgehead atoms. The number of amides is 1. The first kappa shape index (κ1) is 17.5. The number of phenols is 1. The Hall–Kier alpha value is -1.51. The highest BCUT2D eigenvalue weighted by Crippen LogP contribution is 2.39. The van der Waals surface area contributed by atoms with Gasteiger partial charge >= 0.3 is 0 Å². The lowest BCUT2D eigenvalue weighted by Crippen LogP contribution is -2.23. The Morgan fingerprint density at radius 3 is 1.81 bits per heavy atom. The monoisotopic (exact) mass is 291 g/mol. The van der Waals surface area contributed by atoms with Gasteiger partial charge in [-0.25, -0.2) is 0 Å². The molecule has 3 heteroatoms. The van der Waals surface area contributed by atoms with Gasteiger partial charge in [-0.05, 0) is 39.7 Å². The first-order chi connectivity index (χ1) is 9.46. The highest BCUT2D eigenvalue weighted by molar-refractivity contribution is 5.75. The van der Waals surface area contributed by atoms with Crippen molar-refractivity contribution in [1.29, 1.82) is 0 Å². The van der Waals surface area contributed by atoms with E-state index in [4.69, 9.17) is 0 Å². The van der Waals surface area contributed by atoms with Crippen LogP contribution in [0, 0.1) is 0 Å². The van der Waals surface area contributed by atoms with Crippen LogP contribution < -0.4 is 5.32 Å². The fourth-order valence-corrected chi connectivity index (χ4v) is 2.27. The smallest absolute Gasteiger partial charge is 0.219 e. The topological polar surface area (TPSA) is 49.3 Å². The molecule has 21 heavy (non-hydrogen) atoms. The number of carbonyl (C=O) groups is 1. The molecule has 1 amide bonds. The Labute approximate surface area is 128 Å². The Bertz CT molecular complexity index is 484. The number of nitrogens with one attached hydrogen (secondary N) is 1. The maximum atomic E-state index is 11.5. The average molecular weight is 291 g/mol. The Kier molecular flexibility index (Phi) is 5.08. The third-order valence-corrected chi connectivity index (χ3v) is 3.60. The Morgan fingerprint density at radius 2 is 1.48 bits per heavy atom. The SMILES string of the molecule is CCC(=O)NCc1cc(C(C)(C)C)c(O)c(C(C)(C)C)c1. The zero-order valence-electron chi connectivity index (χ0n) is 14.4. The normalized spacial score (nSPS) is 12.3. The van der Waals surface area contributed by atoms with E-state index in [-0.39, 0.29) is 16.7 Å². The number of rotatable bonds is 3. The van der Waals surface area contributed by atoms with Crippen molar-refractivity contribution in [3.05, 3.63) is 28.8 Å². The largest absolute Gasteiger partial charge is 0.507 e. The van der Waals surface area contributed by atoms with Crippen molar-refractivity contribution in [3.63, 3.8) is 0 Å². The van der Waals surface area contributed by atoms with Crippen molar-refractivity contribution in [2.24, 2.45) is 0 Å². The summed E-state index contributed by atoms with van der Waals surface area (Å²) in [5, 5.41) is 13.5. The van der Waals surface area contributed by atoms with Crippen LogP contribution in [0.3, 0.4) is 0 Å². The summed E-state index contributed by atoms with van der Waals surface area (Å²) in [7, 11) is 0. The van der Waals surface area contributed by atoms with E-state index < -0.39 is 0 Å². The van der Waals surface area contributed by atoms with Gasteiger partial charge < -0.3 is 10.4 Å². The lowest BCUT2D eigenvalue weighted by Gasteiger charge is -2.28. The van der Waals surface area contributed by atoms with Crippen LogP contribution in [0.4, 0.5) is 0 Å². The lowest BCUT2D eigenvalue weighted by molar-refractivity contribution is -0.120. The van der Waals surface area contributed by atoms with Crippen molar-refractivity contribution in [1.82, 2.24) is 5.32 Å². The third kappa shape index (κ3) is 4.48. The Morgan fingerprint density at radius 1 is 1.05 bits per heavy atom. The Balaban J connectivity index is 3.31. The van der Waals surface area contributed by atoms with Crippen molar-refractivity contribution >= 4 is 5.91 Å². The molecule has 3 nitrogen and oxygen atoms in total. The molecule has 0 atom stereocenters. The van der Waals surface area contributed by atoms with Gasteiger partial charge in [0.2, 0.25) is 5.91 Å². The fourth-order valence-electron chi connectivity index (χ4n) is 2.27. The van der Waals surface area contributed by atoms with Gasteiger partial charge in [-0.3, -0.25) is 4.79 Å². The molecule has 0 saturated heterocycles. The number of hydrogen-bond donors (Lipinski definition) is 2. The third-order valence-electron chi connectivity index (χ3n) is 3.60. The first-order valence-corrected chi connectivity index (χ1v) is 7.60. The predicted octanol–water partition coefficient (Wildman–Crippen LogP) is 4.01. The van der Waals surface area contributed by atoms with Crippen molar-refractivity contribution < 1.29 is 9.90 Å². The lowest BCUT2D eigenvalue weighted by atomic mass is 9.78. The summed E-state index contributed by atoms with van der Waals surface area (Å²) >= 11 is 0. The molecule has 1 aromatic rings. The van der Waals surface area contributed by atoms with Gasteiger partial charge in [0.1, 0.15) is 5.75 Å². The van der Waals surface area contributed by atoms with Gasteiger partial charge in [-0.15, -0.1) is 0 Å². The maximum absolute atomic E-state index is 11.5. The molecule has 2 N–H and O–H groups in total. The summed E-state index contributed by atoms with van der Waals surface area (Å²) in [6.45, 7) is 14.9. The molecule has 0 spiro atoms. The van der Waals surface area contributed by atoms with Crippen LogP contribution in [0.2, 0.25) is 0 Å². The predicted molar refractivity (Wildman–Crippen MR) is 87.6 cm³/mol. The molecule has 1 aromatic carbocycles. The second-order valence-corrected chi connectivity index (χ2v) is 7.67. The van der Waals surface area contributed by atoms with Crippen LogP contribution in [0.25, 0.3) is 0 Å². The van der Waals surface area contributed by atoms with Crippen LogP contribution >= 0.6 is 0 Å². The van der Waals surface area contributed by atoms with E-state index in [2.05, 4.69) is 46.9 Å². The van der Waals surface area contributed by atoms with Gasteiger partial charge in [0.15, 0.2) is 0 Å². The van der Waals surface area contributed by atoms with E-state index in [0.717, 1.165) is 16.7 Å². The highest BCUT2D eigenvalue weighted by atomic mass is 16.3. The van der Waals surface area contributed by atoms with Gasteiger partial charge in [-0.1, -0.05) is 48.5 Å². The minimum atomic E-state index is -0.144. The molecular weight excluding hydrogens is 262 g/mol. The molecule has 0 aliphatic rings. The number of benzene rings is 1. The zero-order chi connectivity index (χ0) is 16.4. The molecule has 1 rings (SSSR count). The average Bonchev–Trinajstić information content (AvgIpc) is 2.34. The van der Waals surface area contributed by atoms with Gasteiger partial charge in [0.05, 0.1) is 0 Å². The number of phenolic OH excluding ortho intramolecular Hbond substituents is 1. The van der Waals surface area contributed by atoms with Gasteiger partial charge in [-0.2, -0.15) is 0 Å². The standard InChI is InChI=1S/C18H29NO2/c1-8-15(20)19-11-12-9-13(17(2,3)4)16(21)14(10-12)18(5,6)7/h9-10,21H,8,11H2,1-7H3,(H,19,20). The summed E-state index contributed by atoms with van der Waals surface area (Å²) in [5.41, 5.74) is 2.60. The van der Waals surface area contributed by atoms with Crippen LogP contribution in [0.15, 0.2) is 12.1 Å². The fraction of sp³-hybridized carbons (Fsp3) is 0.611. The van der Waals surface area contributed by atoms with E-state index >= 15 is 0 Å². The number of aromatic hydroxyl groups is 1. The first-order valence-electron chi connectivity index (χ1n) is 7.60. The molecule has 0 heterocycles. The van der Waals surface area contributed by atoms with Crippen molar-refractivity contribution in [2.75, 3.05) is 0 Å². The highest BCUT2D eigenvalue weighted by Gasteiger charge is 2.26. The zero-order valence-corrected chi connectivity index (χ0v) is 14.4. The minimum absolute atomic E-state index is 0.0395. The van der Waals surface area contributed by atoms with Crippen LogP contribution in [0.5, 0.6) is 5.75 Å². The molecule has 0 fully saturated rings. The summed E-state index contributed by atoms with van der Waals surface area (Å²) in [6, 6.07) is 4.00.